The van der Waals surface area contributed by atoms with Crippen molar-refractivity contribution in [1.82, 2.24) is 9.97 Å². The second-order valence-electron chi connectivity index (χ2n) is 3.03. The Labute approximate surface area is 86.3 Å². The minimum absolute atomic E-state index is 0.184. The van der Waals surface area contributed by atoms with E-state index in [2.05, 4.69) is 9.97 Å². The molecule has 1 atom stereocenters. The van der Waals surface area contributed by atoms with E-state index in [9.17, 15) is 9.50 Å². The summed E-state index contributed by atoms with van der Waals surface area (Å²) < 4.78 is 13.3. The third-order valence-corrected chi connectivity index (χ3v) is 2.03. The highest BCUT2D eigenvalue weighted by Crippen LogP contribution is 2.20. The molecule has 0 saturated carbocycles. The molecule has 76 valence electrons. The van der Waals surface area contributed by atoms with Crippen LogP contribution < -0.4 is 0 Å². The summed E-state index contributed by atoms with van der Waals surface area (Å²) in [5, 5.41) is 9.81. The fraction of sp³-hybridized carbons (Fsp3) is 0.0909. The Balaban J connectivity index is 2.37. The van der Waals surface area contributed by atoms with E-state index in [1.54, 1.807) is 18.2 Å². The van der Waals surface area contributed by atoms with E-state index in [0.29, 0.717) is 0 Å². The summed E-state index contributed by atoms with van der Waals surface area (Å²) in [4.78, 5) is 7.74. The number of rotatable bonds is 2. The van der Waals surface area contributed by atoms with Crippen LogP contribution in [0.4, 0.5) is 4.39 Å². The molecule has 1 unspecified atom stereocenters. The van der Waals surface area contributed by atoms with Crippen LogP contribution in [0.2, 0.25) is 0 Å². The number of nitrogens with zero attached hydrogens (tertiary/aromatic N) is 2. The summed E-state index contributed by atoms with van der Waals surface area (Å²) >= 11 is 0. The lowest BCUT2D eigenvalue weighted by Crippen LogP contribution is -2.06. The Kier molecular flexibility index (Phi) is 2.69. The largest absolute Gasteiger partial charge is 0.380 e. The van der Waals surface area contributed by atoms with Gasteiger partial charge in [-0.3, -0.25) is 0 Å². The second kappa shape index (κ2) is 4.14. The fourth-order valence-electron chi connectivity index (χ4n) is 1.29. The number of hydrogen-bond acceptors (Lipinski definition) is 3. The van der Waals surface area contributed by atoms with E-state index in [4.69, 9.17) is 0 Å². The highest BCUT2D eigenvalue weighted by atomic mass is 19.1. The lowest BCUT2D eigenvalue weighted by Gasteiger charge is -2.09. The van der Waals surface area contributed by atoms with Crippen molar-refractivity contribution in [3.8, 4) is 0 Å². The van der Waals surface area contributed by atoms with E-state index in [-0.39, 0.29) is 11.4 Å². The van der Waals surface area contributed by atoms with Crippen molar-refractivity contribution in [3.63, 3.8) is 0 Å². The summed E-state index contributed by atoms with van der Waals surface area (Å²) in [6, 6.07) is 7.66. The van der Waals surface area contributed by atoms with Crippen LogP contribution in [0.1, 0.15) is 17.5 Å². The topological polar surface area (TPSA) is 46.0 Å². The summed E-state index contributed by atoms with van der Waals surface area (Å²) in [7, 11) is 0. The molecule has 1 aromatic carbocycles. The highest BCUT2D eigenvalue weighted by molar-refractivity contribution is 5.24. The maximum atomic E-state index is 13.3. The first-order valence-corrected chi connectivity index (χ1v) is 4.48. The van der Waals surface area contributed by atoms with Gasteiger partial charge in [-0.25, -0.2) is 14.4 Å². The zero-order valence-electron chi connectivity index (χ0n) is 7.84. The third kappa shape index (κ3) is 1.99. The average Bonchev–Trinajstić information content (AvgIpc) is 2.30. The summed E-state index contributed by atoms with van der Waals surface area (Å²) in [6.45, 7) is 0. The number of hydrogen-bond donors (Lipinski definition) is 1. The first-order chi connectivity index (χ1) is 7.29. The molecule has 0 aliphatic heterocycles. The first-order valence-electron chi connectivity index (χ1n) is 4.48. The molecule has 0 aliphatic rings. The van der Waals surface area contributed by atoms with Gasteiger partial charge in [-0.2, -0.15) is 0 Å². The van der Waals surface area contributed by atoms with Crippen molar-refractivity contribution in [1.29, 1.82) is 0 Å². The van der Waals surface area contributed by atoms with Crippen LogP contribution >= 0.6 is 0 Å². The van der Waals surface area contributed by atoms with Crippen LogP contribution in [0.15, 0.2) is 42.7 Å². The molecule has 2 aromatic rings. The molecule has 0 fully saturated rings. The van der Waals surface area contributed by atoms with Crippen molar-refractivity contribution in [2.24, 2.45) is 0 Å². The Morgan fingerprint density at radius 2 is 1.73 bits per heavy atom. The first kappa shape index (κ1) is 9.73. The van der Waals surface area contributed by atoms with Crippen LogP contribution in [-0.2, 0) is 0 Å². The molecule has 1 heterocycles. The van der Waals surface area contributed by atoms with E-state index < -0.39 is 11.9 Å². The molecule has 0 saturated heterocycles. The molecule has 0 radical (unpaired) electrons. The van der Waals surface area contributed by atoms with Gasteiger partial charge in [0.15, 0.2) is 5.82 Å². The van der Waals surface area contributed by atoms with E-state index in [0.717, 1.165) is 0 Å². The molecule has 1 aromatic heterocycles. The fourth-order valence-corrected chi connectivity index (χ4v) is 1.29. The van der Waals surface area contributed by atoms with Crippen molar-refractivity contribution in [2.75, 3.05) is 0 Å². The Hall–Kier alpha value is -1.81. The van der Waals surface area contributed by atoms with Gasteiger partial charge in [-0.15, -0.1) is 0 Å². The van der Waals surface area contributed by atoms with Gasteiger partial charge >= 0.3 is 0 Å². The number of aliphatic hydroxyl groups excluding tert-OH is 1. The molecule has 4 heteroatoms. The molecule has 0 amide bonds. The normalized spacial score (nSPS) is 12.4. The molecule has 0 bridgehead atoms. The third-order valence-electron chi connectivity index (χ3n) is 2.03. The highest BCUT2D eigenvalue weighted by Gasteiger charge is 2.16. The molecule has 3 nitrogen and oxygen atoms in total. The van der Waals surface area contributed by atoms with Gasteiger partial charge in [0, 0.05) is 18.0 Å². The van der Waals surface area contributed by atoms with E-state index >= 15 is 0 Å². The number of benzene rings is 1. The second-order valence-corrected chi connectivity index (χ2v) is 3.03. The molecule has 0 spiro atoms. The van der Waals surface area contributed by atoms with Crippen molar-refractivity contribution >= 4 is 0 Å². The van der Waals surface area contributed by atoms with Gasteiger partial charge in [0.25, 0.3) is 0 Å². The molecular weight excluding hydrogens is 195 g/mol. The minimum Gasteiger partial charge on any atom is -0.380 e. The maximum absolute atomic E-state index is 13.3. The summed E-state index contributed by atoms with van der Waals surface area (Å²) in [6.07, 6.45) is 1.89. The smallest absolute Gasteiger partial charge is 0.161 e. The Morgan fingerprint density at radius 1 is 1.07 bits per heavy atom. The van der Waals surface area contributed by atoms with Crippen LogP contribution in [0, 0.1) is 5.82 Å². The standard InChI is InChI=1S/C11H9FN2O/c12-9-5-2-1-4-8(9)10(15)11-13-6-3-7-14-11/h1-7,10,15H. The molecule has 0 aliphatic carbocycles. The maximum Gasteiger partial charge on any atom is 0.161 e. The van der Waals surface area contributed by atoms with Crippen LogP contribution in [0.5, 0.6) is 0 Å². The van der Waals surface area contributed by atoms with E-state index in [1.165, 1.54) is 24.5 Å². The Morgan fingerprint density at radius 3 is 2.40 bits per heavy atom. The lowest BCUT2D eigenvalue weighted by molar-refractivity contribution is 0.204. The van der Waals surface area contributed by atoms with Gasteiger partial charge in [0.05, 0.1) is 0 Å². The number of halogens is 1. The van der Waals surface area contributed by atoms with Crippen molar-refractivity contribution < 1.29 is 9.50 Å². The monoisotopic (exact) mass is 204 g/mol. The molecule has 1 N–H and O–H groups in total. The van der Waals surface area contributed by atoms with Gasteiger partial charge < -0.3 is 5.11 Å². The lowest BCUT2D eigenvalue weighted by atomic mass is 10.1. The van der Waals surface area contributed by atoms with Crippen LogP contribution in [0.3, 0.4) is 0 Å². The summed E-state index contributed by atoms with van der Waals surface area (Å²) in [5.41, 5.74) is 0.184. The predicted octanol–water partition coefficient (Wildman–Crippen LogP) is 1.70. The molecule has 2 rings (SSSR count). The number of aliphatic hydroxyl groups is 1. The Bertz CT molecular complexity index is 447. The zero-order valence-corrected chi connectivity index (χ0v) is 7.84. The van der Waals surface area contributed by atoms with Crippen LogP contribution in [0.25, 0.3) is 0 Å². The van der Waals surface area contributed by atoms with Crippen molar-refractivity contribution in [2.45, 2.75) is 6.10 Å². The summed E-state index contributed by atoms with van der Waals surface area (Å²) in [5.74, 6) is -0.264. The SMILES string of the molecule is OC(c1ncccn1)c1ccccc1F. The van der Waals surface area contributed by atoms with Gasteiger partial charge in [0.1, 0.15) is 11.9 Å². The van der Waals surface area contributed by atoms with Crippen molar-refractivity contribution in [3.05, 3.63) is 59.9 Å². The van der Waals surface area contributed by atoms with Gasteiger partial charge in [-0.1, -0.05) is 18.2 Å². The van der Waals surface area contributed by atoms with Gasteiger partial charge in [-0.05, 0) is 12.1 Å². The molecule has 15 heavy (non-hydrogen) atoms. The zero-order chi connectivity index (χ0) is 10.7. The minimum atomic E-state index is -1.12. The van der Waals surface area contributed by atoms with Gasteiger partial charge in [0.2, 0.25) is 0 Å². The number of aromatic nitrogens is 2. The predicted molar refractivity (Wildman–Crippen MR) is 52.5 cm³/mol. The van der Waals surface area contributed by atoms with E-state index in [1.807, 2.05) is 0 Å². The van der Waals surface area contributed by atoms with Crippen LogP contribution in [-0.4, -0.2) is 15.1 Å². The average molecular weight is 204 g/mol. The molecular formula is C11H9FN2O. The quantitative estimate of drug-likeness (QED) is 0.809.